The van der Waals surface area contributed by atoms with E-state index < -0.39 is 0 Å². The molecular formula is C12H17O. The molecule has 0 spiro atoms. The molecule has 0 heterocycles. The first-order valence-electron chi connectivity index (χ1n) is 4.73. The van der Waals surface area contributed by atoms with Gasteiger partial charge in [-0.1, -0.05) is 26.0 Å². The predicted octanol–water partition coefficient (Wildman–Crippen LogP) is 3.10. The molecule has 0 N–H and O–H groups in total. The van der Waals surface area contributed by atoms with E-state index in [4.69, 9.17) is 4.74 Å². The highest BCUT2D eigenvalue weighted by Crippen LogP contribution is 2.13. The second-order valence-electron chi connectivity index (χ2n) is 3.60. The summed E-state index contributed by atoms with van der Waals surface area (Å²) in [5.41, 5.74) is 1.25. The Kier molecular flexibility index (Phi) is 3.81. The van der Waals surface area contributed by atoms with Crippen molar-refractivity contribution in [2.24, 2.45) is 5.92 Å². The summed E-state index contributed by atoms with van der Waals surface area (Å²) in [7, 11) is 0. The highest BCUT2D eigenvalue weighted by Gasteiger charge is 1.96. The summed E-state index contributed by atoms with van der Waals surface area (Å²) < 4.78 is 5.55. The maximum Gasteiger partial charge on any atom is 0.119 e. The minimum Gasteiger partial charge on any atom is -0.493 e. The van der Waals surface area contributed by atoms with Crippen LogP contribution in [0, 0.1) is 12.8 Å². The topological polar surface area (TPSA) is 9.23 Å². The van der Waals surface area contributed by atoms with Crippen molar-refractivity contribution in [1.82, 2.24) is 0 Å². The van der Waals surface area contributed by atoms with Gasteiger partial charge in [0.15, 0.2) is 0 Å². The van der Waals surface area contributed by atoms with Gasteiger partial charge in [0.2, 0.25) is 0 Å². The summed E-state index contributed by atoms with van der Waals surface area (Å²) in [6.07, 6.45) is 0.838. The van der Waals surface area contributed by atoms with Crippen molar-refractivity contribution < 1.29 is 4.74 Å². The zero-order valence-electron chi connectivity index (χ0n) is 8.42. The molecule has 0 bridgehead atoms. The number of ether oxygens (including phenoxy) is 1. The largest absolute Gasteiger partial charge is 0.493 e. The Bertz CT molecular complexity index is 236. The molecule has 0 saturated heterocycles. The van der Waals surface area contributed by atoms with Crippen molar-refractivity contribution in [2.75, 3.05) is 6.61 Å². The standard InChI is InChI=1S/C12H17O/c1-4-11-5-7-12(8-6-11)13-9-10(2)3/h5-8,10H,1,4,9H2,2-3H3. The van der Waals surface area contributed by atoms with Crippen molar-refractivity contribution in [3.63, 3.8) is 0 Å². The van der Waals surface area contributed by atoms with Gasteiger partial charge < -0.3 is 4.74 Å². The normalized spacial score (nSPS) is 10.5. The van der Waals surface area contributed by atoms with E-state index in [9.17, 15) is 0 Å². The Morgan fingerprint density at radius 3 is 2.31 bits per heavy atom. The molecular weight excluding hydrogens is 160 g/mol. The maximum atomic E-state index is 5.55. The zero-order valence-corrected chi connectivity index (χ0v) is 8.42. The van der Waals surface area contributed by atoms with Crippen LogP contribution >= 0.6 is 0 Å². The molecule has 1 heteroatoms. The first kappa shape index (κ1) is 10.1. The fraction of sp³-hybridized carbons (Fsp3) is 0.417. The first-order chi connectivity index (χ1) is 6.22. The predicted molar refractivity (Wildman–Crippen MR) is 55.8 cm³/mol. The van der Waals surface area contributed by atoms with Gasteiger partial charge in [0.25, 0.3) is 0 Å². The molecule has 0 atom stereocenters. The lowest BCUT2D eigenvalue weighted by Gasteiger charge is -2.08. The number of hydrogen-bond donors (Lipinski definition) is 0. The summed E-state index contributed by atoms with van der Waals surface area (Å²) in [5.74, 6) is 1.53. The van der Waals surface area contributed by atoms with Gasteiger partial charge in [0.1, 0.15) is 5.75 Å². The van der Waals surface area contributed by atoms with Gasteiger partial charge in [0.05, 0.1) is 6.61 Å². The molecule has 0 aliphatic rings. The Morgan fingerprint density at radius 1 is 1.23 bits per heavy atom. The zero-order chi connectivity index (χ0) is 9.68. The average Bonchev–Trinajstić information content (AvgIpc) is 2.15. The highest BCUT2D eigenvalue weighted by atomic mass is 16.5. The van der Waals surface area contributed by atoms with Crippen LogP contribution in [0.3, 0.4) is 0 Å². The van der Waals surface area contributed by atoms with Crippen LogP contribution < -0.4 is 4.74 Å². The van der Waals surface area contributed by atoms with E-state index in [-0.39, 0.29) is 0 Å². The van der Waals surface area contributed by atoms with Crippen molar-refractivity contribution in [1.29, 1.82) is 0 Å². The molecule has 1 rings (SSSR count). The van der Waals surface area contributed by atoms with Gasteiger partial charge in [0, 0.05) is 0 Å². The summed E-state index contributed by atoms with van der Waals surface area (Å²) in [5, 5.41) is 0. The third kappa shape index (κ3) is 3.49. The Labute approximate surface area is 80.7 Å². The molecule has 0 saturated carbocycles. The molecule has 0 fully saturated rings. The molecule has 0 amide bonds. The van der Waals surface area contributed by atoms with Gasteiger partial charge >= 0.3 is 0 Å². The molecule has 0 aliphatic heterocycles. The smallest absolute Gasteiger partial charge is 0.119 e. The maximum absolute atomic E-state index is 5.55. The molecule has 0 unspecified atom stereocenters. The lowest BCUT2D eigenvalue weighted by Crippen LogP contribution is -2.04. The monoisotopic (exact) mass is 177 g/mol. The minimum atomic E-state index is 0.576. The molecule has 0 aromatic heterocycles. The van der Waals surface area contributed by atoms with Crippen LogP contribution in [0.1, 0.15) is 19.4 Å². The second-order valence-corrected chi connectivity index (χ2v) is 3.60. The Balaban J connectivity index is 2.49. The van der Waals surface area contributed by atoms with Crippen LogP contribution in [-0.4, -0.2) is 6.61 Å². The Morgan fingerprint density at radius 2 is 1.85 bits per heavy atom. The van der Waals surface area contributed by atoms with Crippen molar-refractivity contribution in [2.45, 2.75) is 20.3 Å². The van der Waals surface area contributed by atoms with E-state index >= 15 is 0 Å². The molecule has 1 aromatic carbocycles. The van der Waals surface area contributed by atoms with Gasteiger partial charge in [-0.25, -0.2) is 0 Å². The molecule has 1 nitrogen and oxygen atoms in total. The highest BCUT2D eigenvalue weighted by molar-refractivity contribution is 5.27. The molecule has 13 heavy (non-hydrogen) atoms. The van der Waals surface area contributed by atoms with E-state index in [0.717, 1.165) is 18.8 Å². The summed E-state index contributed by atoms with van der Waals surface area (Å²) in [6, 6.07) is 8.12. The van der Waals surface area contributed by atoms with E-state index in [1.165, 1.54) is 5.56 Å². The number of benzene rings is 1. The van der Waals surface area contributed by atoms with Gasteiger partial charge in [-0.15, -0.1) is 0 Å². The first-order valence-corrected chi connectivity index (χ1v) is 4.73. The third-order valence-corrected chi connectivity index (χ3v) is 1.80. The fourth-order valence-electron chi connectivity index (χ4n) is 1.02. The quantitative estimate of drug-likeness (QED) is 0.686. The fourth-order valence-corrected chi connectivity index (χ4v) is 1.02. The van der Waals surface area contributed by atoms with Crippen molar-refractivity contribution >= 4 is 0 Å². The van der Waals surface area contributed by atoms with Gasteiger partial charge in [-0.05, 0) is 37.0 Å². The van der Waals surface area contributed by atoms with Crippen molar-refractivity contribution in [3.05, 3.63) is 36.8 Å². The van der Waals surface area contributed by atoms with Crippen LogP contribution in [0.25, 0.3) is 0 Å². The van der Waals surface area contributed by atoms with Gasteiger partial charge in [-0.2, -0.15) is 0 Å². The van der Waals surface area contributed by atoms with E-state index in [1.807, 2.05) is 12.1 Å². The molecule has 1 aromatic rings. The molecule has 71 valence electrons. The van der Waals surface area contributed by atoms with E-state index in [2.05, 4.69) is 32.9 Å². The lowest BCUT2D eigenvalue weighted by atomic mass is 10.2. The van der Waals surface area contributed by atoms with Crippen LogP contribution in [0.5, 0.6) is 5.75 Å². The SMILES string of the molecule is [CH2]Cc1ccc(OCC(C)C)cc1. The van der Waals surface area contributed by atoms with Crippen molar-refractivity contribution in [3.8, 4) is 5.75 Å². The summed E-state index contributed by atoms with van der Waals surface area (Å²) >= 11 is 0. The van der Waals surface area contributed by atoms with Crippen LogP contribution in [0.4, 0.5) is 0 Å². The third-order valence-electron chi connectivity index (χ3n) is 1.80. The average molecular weight is 177 g/mol. The minimum absolute atomic E-state index is 0.576. The number of rotatable bonds is 4. The summed E-state index contributed by atoms with van der Waals surface area (Å²) in [6.45, 7) is 8.89. The van der Waals surface area contributed by atoms with Crippen LogP contribution in [-0.2, 0) is 6.42 Å². The summed E-state index contributed by atoms with van der Waals surface area (Å²) in [4.78, 5) is 0. The number of hydrogen-bond acceptors (Lipinski definition) is 1. The van der Waals surface area contributed by atoms with Crippen LogP contribution in [0.2, 0.25) is 0 Å². The Hall–Kier alpha value is -0.980. The van der Waals surface area contributed by atoms with Gasteiger partial charge in [-0.3, -0.25) is 0 Å². The second kappa shape index (κ2) is 4.90. The molecule has 0 aliphatic carbocycles. The van der Waals surface area contributed by atoms with Crippen LogP contribution in [0.15, 0.2) is 24.3 Å². The molecule has 1 radical (unpaired) electrons. The van der Waals surface area contributed by atoms with E-state index in [0.29, 0.717) is 5.92 Å². The lowest BCUT2D eigenvalue weighted by molar-refractivity contribution is 0.271. The van der Waals surface area contributed by atoms with E-state index in [1.54, 1.807) is 0 Å².